The molecule has 4 heteroatoms. The van der Waals surface area contributed by atoms with Crippen molar-refractivity contribution in [3.63, 3.8) is 0 Å². The Morgan fingerprint density at radius 1 is 1.12 bits per heavy atom. The first-order valence-electron chi connectivity index (χ1n) is 9.58. The van der Waals surface area contributed by atoms with E-state index in [9.17, 15) is 5.11 Å². The van der Waals surface area contributed by atoms with Crippen LogP contribution in [-0.2, 0) is 18.4 Å². The number of aryl methyl sites for hydroxylation is 2. The highest BCUT2D eigenvalue weighted by Gasteiger charge is 2.48. The number of likely N-dealkylation sites (tertiary alicyclic amines) is 1. The van der Waals surface area contributed by atoms with Gasteiger partial charge in [0.1, 0.15) is 5.60 Å². The lowest BCUT2D eigenvalue weighted by molar-refractivity contribution is -0.0414. The molecule has 0 amide bonds. The van der Waals surface area contributed by atoms with Crippen LogP contribution in [-0.4, -0.2) is 34.1 Å². The van der Waals surface area contributed by atoms with E-state index < -0.39 is 5.60 Å². The third-order valence-electron chi connectivity index (χ3n) is 6.63. The van der Waals surface area contributed by atoms with E-state index in [2.05, 4.69) is 31.9 Å². The molecule has 1 saturated heterocycles. The highest BCUT2D eigenvalue weighted by Crippen LogP contribution is 2.47. The molecule has 0 saturated carbocycles. The molecule has 2 heterocycles. The van der Waals surface area contributed by atoms with E-state index in [1.807, 2.05) is 30.5 Å². The number of hydrogen-bond donors (Lipinski definition) is 1. The average molecular weight is 371 g/mol. The van der Waals surface area contributed by atoms with E-state index in [1.165, 1.54) is 0 Å². The Kier molecular flexibility index (Phi) is 4.58. The van der Waals surface area contributed by atoms with Gasteiger partial charge in [0, 0.05) is 29.2 Å². The topological polar surface area (TPSA) is 36.4 Å². The highest BCUT2D eigenvalue weighted by atomic mass is 35.5. The van der Waals surface area contributed by atoms with Gasteiger partial charge in [-0.15, -0.1) is 0 Å². The Balaban J connectivity index is 1.91. The summed E-state index contributed by atoms with van der Waals surface area (Å²) in [5, 5.41) is 13.0. The molecule has 2 aliphatic rings. The summed E-state index contributed by atoms with van der Waals surface area (Å²) < 4.78 is 0. The summed E-state index contributed by atoms with van der Waals surface area (Å²) in [5.41, 5.74) is 3.08. The molecule has 26 heavy (non-hydrogen) atoms. The maximum absolute atomic E-state index is 12.3. The predicted molar refractivity (Wildman–Crippen MR) is 106 cm³/mol. The summed E-state index contributed by atoms with van der Waals surface area (Å²) >= 11 is 6.28. The number of piperidine rings is 1. The molecule has 1 aromatic heterocycles. The minimum Gasteiger partial charge on any atom is -0.378 e. The number of nitrogens with zero attached hydrogens (tertiary/aromatic N) is 2. The van der Waals surface area contributed by atoms with E-state index in [0.29, 0.717) is 12.1 Å². The number of benzene rings is 1. The van der Waals surface area contributed by atoms with Gasteiger partial charge >= 0.3 is 0 Å². The third-order valence-corrected chi connectivity index (χ3v) is 6.86. The van der Waals surface area contributed by atoms with Crippen molar-refractivity contribution in [2.24, 2.45) is 5.92 Å². The Hall–Kier alpha value is -1.42. The number of halogens is 1. The van der Waals surface area contributed by atoms with Crippen LogP contribution < -0.4 is 0 Å². The van der Waals surface area contributed by atoms with Crippen molar-refractivity contribution in [3.05, 3.63) is 63.9 Å². The molecule has 1 aliphatic heterocycles. The van der Waals surface area contributed by atoms with Crippen LogP contribution in [0, 0.1) is 5.92 Å². The fourth-order valence-corrected chi connectivity index (χ4v) is 5.16. The molecule has 1 aromatic carbocycles. The number of aliphatic hydroxyl groups is 1. The summed E-state index contributed by atoms with van der Waals surface area (Å²) in [5.74, 6) is 0.135. The first-order valence-corrected chi connectivity index (χ1v) is 9.96. The summed E-state index contributed by atoms with van der Waals surface area (Å²) in [6, 6.07) is 10.9. The Labute approximate surface area is 161 Å². The van der Waals surface area contributed by atoms with E-state index >= 15 is 0 Å². The molecule has 1 aliphatic carbocycles. The summed E-state index contributed by atoms with van der Waals surface area (Å²) in [6.45, 7) is 4.51. The molecule has 0 radical (unpaired) electrons. The van der Waals surface area contributed by atoms with Crippen molar-refractivity contribution in [2.45, 2.75) is 57.2 Å². The Bertz CT molecular complexity index is 812. The zero-order valence-corrected chi connectivity index (χ0v) is 16.5. The molecule has 138 valence electrons. The van der Waals surface area contributed by atoms with Gasteiger partial charge in [0.15, 0.2) is 0 Å². The molecule has 1 fully saturated rings. The van der Waals surface area contributed by atoms with Gasteiger partial charge in [-0.25, -0.2) is 0 Å². The van der Waals surface area contributed by atoms with Crippen LogP contribution in [0.25, 0.3) is 0 Å². The van der Waals surface area contributed by atoms with Gasteiger partial charge < -0.3 is 10.0 Å². The van der Waals surface area contributed by atoms with Crippen LogP contribution in [0.15, 0.2) is 36.5 Å². The average Bonchev–Trinajstić information content (AvgIpc) is 2.75. The minimum atomic E-state index is -1.06. The normalized spacial score (nSPS) is 31.8. The number of hydrogen-bond acceptors (Lipinski definition) is 3. The maximum Gasteiger partial charge on any atom is 0.135 e. The third kappa shape index (κ3) is 2.77. The van der Waals surface area contributed by atoms with Crippen LogP contribution in [0.2, 0.25) is 5.02 Å². The highest BCUT2D eigenvalue weighted by molar-refractivity contribution is 6.30. The van der Waals surface area contributed by atoms with Crippen LogP contribution >= 0.6 is 11.6 Å². The molecule has 4 rings (SSSR count). The largest absolute Gasteiger partial charge is 0.378 e. The predicted octanol–water partition coefficient (Wildman–Crippen LogP) is 4.19. The Morgan fingerprint density at radius 3 is 2.54 bits per heavy atom. The minimum absolute atomic E-state index is 0.135. The van der Waals surface area contributed by atoms with E-state index in [4.69, 9.17) is 16.6 Å². The second kappa shape index (κ2) is 6.63. The molecule has 3 unspecified atom stereocenters. The number of aromatic nitrogens is 1. The number of rotatable bonds is 1. The van der Waals surface area contributed by atoms with Crippen LogP contribution in [0.4, 0.5) is 0 Å². The lowest BCUT2D eigenvalue weighted by Gasteiger charge is -2.47. The van der Waals surface area contributed by atoms with Gasteiger partial charge in [-0.05, 0) is 81.5 Å². The molecule has 3 nitrogen and oxygen atoms in total. The second-order valence-corrected chi connectivity index (χ2v) is 8.55. The SMILES string of the molecule is CC1CC(C2(O)c3ccc(Cl)cc3CCc3cccnc32)CC(C)N1C. The van der Waals surface area contributed by atoms with Gasteiger partial charge in [-0.1, -0.05) is 23.7 Å². The lowest BCUT2D eigenvalue weighted by Crippen LogP contribution is -2.50. The van der Waals surface area contributed by atoms with Crippen molar-refractivity contribution >= 4 is 11.6 Å². The van der Waals surface area contributed by atoms with Gasteiger partial charge in [0.05, 0.1) is 5.69 Å². The number of pyridine rings is 1. The van der Waals surface area contributed by atoms with E-state index in [-0.39, 0.29) is 5.92 Å². The maximum atomic E-state index is 12.3. The molecular weight excluding hydrogens is 344 g/mol. The van der Waals surface area contributed by atoms with Gasteiger partial charge in [0.2, 0.25) is 0 Å². The lowest BCUT2D eigenvalue weighted by atomic mass is 9.70. The van der Waals surface area contributed by atoms with Crippen LogP contribution in [0.5, 0.6) is 0 Å². The first-order chi connectivity index (χ1) is 12.4. The zero-order chi connectivity index (χ0) is 18.5. The van der Waals surface area contributed by atoms with Crippen molar-refractivity contribution in [2.75, 3.05) is 7.05 Å². The van der Waals surface area contributed by atoms with Crippen LogP contribution in [0.1, 0.15) is 49.1 Å². The van der Waals surface area contributed by atoms with Crippen molar-refractivity contribution in [1.29, 1.82) is 0 Å². The van der Waals surface area contributed by atoms with Gasteiger partial charge in [0.25, 0.3) is 0 Å². The quantitative estimate of drug-likeness (QED) is 0.817. The fraction of sp³-hybridized carbons (Fsp3) is 0.500. The standard InChI is InChI=1S/C22H27ClN2O/c1-14-11-18(12-15(2)25(14)3)22(26)20-9-8-19(23)13-17(20)7-6-16-5-4-10-24-21(16)22/h4-5,8-10,13-15,18,26H,6-7,11-12H2,1-3H3. The van der Waals surface area contributed by atoms with Crippen molar-refractivity contribution in [1.82, 2.24) is 9.88 Å². The molecule has 0 bridgehead atoms. The molecule has 2 aromatic rings. The van der Waals surface area contributed by atoms with Crippen LogP contribution in [0.3, 0.4) is 0 Å². The second-order valence-electron chi connectivity index (χ2n) is 8.11. The molecule has 3 atom stereocenters. The van der Waals surface area contributed by atoms with E-state index in [0.717, 1.165) is 53.1 Å². The summed E-state index contributed by atoms with van der Waals surface area (Å²) in [7, 11) is 2.18. The van der Waals surface area contributed by atoms with Crippen molar-refractivity contribution in [3.8, 4) is 0 Å². The number of fused-ring (bicyclic) bond motifs is 2. The summed E-state index contributed by atoms with van der Waals surface area (Å²) in [4.78, 5) is 7.12. The fourth-order valence-electron chi connectivity index (χ4n) is 4.96. The first kappa shape index (κ1) is 18.0. The van der Waals surface area contributed by atoms with Crippen molar-refractivity contribution < 1.29 is 5.11 Å². The Morgan fingerprint density at radius 2 is 1.81 bits per heavy atom. The monoisotopic (exact) mass is 370 g/mol. The summed E-state index contributed by atoms with van der Waals surface area (Å²) in [6.07, 6.45) is 5.49. The zero-order valence-electron chi connectivity index (χ0n) is 15.7. The molecule has 0 spiro atoms. The van der Waals surface area contributed by atoms with E-state index in [1.54, 1.807) is 0 Å². The van der Waals surface area contributed by atoms with Gasteiger partial charge in [-0.2, -0.15) is 0 Å². The molecular formula is C22H27ClN2O. The van der Waals surface area contributed by atoms with Gasteiger partial charge in [-0.3, -0.25) is 4.98 Å². The molecule has 1 N–H and O–H groups in total. The smallest absolute Gasteiger partial charge is 0.135 e.